The maximum Gasteiger partial charge on any atom is 0.351 e. The highest BCUT2D eigenvalue weighted by molar-refractivity contribution is 9.09. The Morgan fingerprint density at radius 3 is 2.89 bits per heavy atom. The van der Waals surface area contributed by atoms with Crippen molar-refractivity contribution in [2.45, 2.75) is 23.3 Å². The van der Waals surface area contributed by atoms with Crippen molar-refractivity contribution in [3.63, 3.8) is 0 Å². The van der Waals surface area contributed by atoms with E-state index in [1.807, 2.05) is 0 Å². The zero-order valence-electron chi connectivity index (χ0n) is 9.03. The first-order valence-electron chi connectivity index (χ1n) is 5.08. The van der Waals surface area contributed by atoms with Crippen molar-refractivity contribution < 1.29 is 19.3 Å². The molecular weight excluding hydrogens is 313 g/mol. The third kappa shape index (κ3) is 2.14. The van der Waals surface area contributed by atoms with Crippen LogP contribution in [-0.2, 0) is 4.74 Å². The van der Waals surface area contributed by atoms with Crippen LogP contribution in [0.25, 0.3) is 0 Å². The second kappa shape index (κ2) is 4.92. The number of alkyl halides is 1. The van der Waals surface area contributed by atoms with Gasteiger partial charge in [-0.25, -0.2) is 9.18 Å². The van der Waals surface area contributed by atoms with E-state index in [1.54, 1.807) is 0 Å². The normalized spacial score (nSPS) is 31.8. The van der Waals surface area contributed by atoms with E-state index >= 15 is 0 Å². The van der Waals surface area contributed by atoms with E-state index in [1.165, 1.54) is 0 Å². The molecule has 1 aromatic rings. The molecule has 0 bridgehead atoms. The lowest BCUT2D eigenvalue weighted by molar-refractivity contribution is -0.0533. The first-order valence-corrected chi connectivity index (χ1v) is 6.00. The van der Waals surface area contributed by atoms with Crippen molar-refractivity contribution >= 4 is 21.7 Å². The Morgan fingerprint density at radius 2 is 2.33 bits per heavy atom. The lowest BCUT2D eigenvalue weighted by atomic mass is 10.2. The lowest BCUT2D eigenvalue weighted by Crippen LogP contribution is -2.34. The number of aliphatic hydroxyl groups is 2. The smallest absolute Gasteiger partial charge is 0.351 e. The van der Waals surface area contributed by atoms with E-state index in [9.17, 15) is 14.3 Å². The Morgan fingerprint density at radius 1 is 1.67 bits per heavy atom. The summed E-state index contributed by atoms with van der Waals surface area (Å²) in [7, 11) is 0. The van der Waals surface area contributed by atoms with Gasteiger partial charge in [-0.05, 0) is 0 Å². The van der Waals surface area contributed by atoms with Crippen LogP contribution in [0.4, 0.5) is 10.2 Å². The molecule has 4 N–H and O–H groups in total. The molecule has 1 fully saturated rings. The van der Waals surface area contributed by atoms with Gasteiger partial charge >= 0.3 is 5.69 Å². The van der Waals surface area contributed by atoms with Crippen molar-refractivity contribution in [1.29, 1.82) is 0 Å². The minimum Gasteiger partial charge on any atom is -0.394 e. The van der Waals surface area contributed by atoms with Crippen LogP contribution in [0.1, 0.15) is 6.23 Å². The Labute approximate surface area is 109 Å². The molecule has 100 valence electrons. The largest absolute Gasteiger partial charge is 0.394 e. The molecule has 18 heavy (non-hydrogen) atoms. The average molecular weight is 324 g/mol. The Balaban J connectivity index is 2.39. The molecule has 1 aliphatic rings. The summed E-state index contributed by atoms with van der Waals surface area (Å²) in [5.74, 6) is -1.40. The summed E-state index contributed by atoms with van der Waals surface area (Å²) >= 11 is 3.14. The quantitative estimate of drug-likeness (QED) is 0.601. The molecule has 1 saturated heterocycles. The van der Waals surface area contributed by atoms with E-state index in [-0.39, 0.29) is 6.61 Å². The van der Waals surface area contributed by atoms with Gasteiger partial charge in [0.15, 0.2) is 17.9 Å². The van der Waals surface area contributed by atoms with Crippen molar-refractivity contribution in [3.05, 3.63) is 22.5 Å². The molecule has 0 aromatic carbocycles. The number of rotatable bonds is 2. The van der Waals surface area contributed by atoms with Gasteiger partial charge in [0.2, 0.25) is 0 Å². The maximum absolute atomic E-state index is 13.3. The standard InChI is InChI=1S/C9H11BrFN3O4/c10-5-4(2-15)18-8(6(5)16)14-1-3(11)7(12)13-9(14)17/h1,4-6,8,15-16H,2H2,(H2,12,13,17)/t4-,5+,6-,8-/m1/s1. The monoisotopic (exact) mass is 323 g/mol. The minimum atomic E-state index is -1.12. The number of hydrogen-bond donors (Lipinski definition) is 3. The molecule has 2 heterocycles. The van der Waals surface area contributed by atoms with Gasteiger partial charge in [-0.3, -0.25) is 4.57 Å². The van der Waals surface area contributed by atoms with Gasteiger partial charge in [-0.2, -0.15) is 4.98 Å². The third-order valence-electron chi connectivity index (χ3n) is 2.68. The number of nitrogens with zero attached hydrogens (tertiary/aromatic N) is 2. The van der Waals surface area contributed by atoms with Crippen molar-refractivity contribution in [1.82, 2.24) is 9.55 Å². The molecule has 0 spiro atoms. The third-order valence-corrected chi connectivity index (χ3v) is 3.81. The second-order valence-electron chi connectivity index (χ2n) is 3.85. The van der Waals surface area contributed by atoms with Crippen LogP contribution in [0.15, 0.2) is 11.0 Å². The first kappa shape index (κ1) is 13.4. The van der Waals surface area contributed by atoms with Crippen LogP contribution in [0, 0.1) is 5.82 Å². The Kier molecular flexibility index (Phi) is 3.66. The molecule has 0 amide bonds. The van der Waals surface area contributed by atoms with E-state index in [0.29, 0.717) is 0 Å². The molecule has 2 rings (SSSR count). The van der Waals surface area contributed by atoms with E-state index < -0.39 is 40.6 Å². The van der Waals surface area contributed by atoms with Crippen LogP contribution >= 0.6 is 15.9 Å². The number of nitrogens with two attached hydrogens (primary N) is 1. The fourth-order valence-electron chi connectivity index (χ4n) is 1.73. The topological polar surface area (TPSA) is 111 Å². The summed E-state index contributed by atoms with van der Waals surface area (Å²) in [5.41, 5.74) is 4.31. The summed E-state index contributed by atoms with van der Waals surface area (Å²) in [6.07, 6.45) is -2.12. The number of nitrogen functional groups attached to an aromatic ring is 1. The Bertz CT molecular complexity index is 511. The van der Waals surface area contributed by atoms with Crippen molar-refractivity contribution in [2.75, 3.05) is 12.3 Å². The molecular formula is C9H11BrFN3O4. The Hall–Kier alpha value is -1.03. The number of ether oxygens (including phenoxy) is 1. The number of anilines is 1. The fourth-order valence-corrected chi connectivity index (χ4v) is 2.28. The van der Waals surface area contributed by atoms with Gasteiger partial charge in [0.25, 0.3) is 0 Å². The zero-order valence-corrected chi connectivity index (χ0v) is 10.6. The predicted octanol–water partition coefficient (Wildman–Crippen LogP) is -1.02. The second-order valence-corrected chi connectivity index (χ2v) is 4.90. The summed E-state index contributed by atoms with van der Waals surface area (Å²) < 4.78 is 19.3. The fraction of sp³-hybridized carbons (Fsp3) is 0.556. The number of aromatic nitrogens is 2. The van der Waals surface area contributed by atoms with Crippen LogP contribution in [0.2, 0.25) is 0 Å². The highest BCUT2D eigenvalue weighted by atomic mass is 79.9. The van der Waals surface area contributed by atoms with Crippen LogP contribution in [0.3, 0.4) is 0 Å². The summed E-state index contributed by atoms with van der Waals surface area (Å²) in [5, 5.41) is 18.9. The molecule has 0 saturated carbocycles. The molecule has 1 aliphatic heterocycles. The van der Waals surface area contributed by atoms with Gasteiger partial charge in [0.05, 0.1) is 23.7 Å². The summed E-state index contributed by atoms with van der Waals surface area (Å²) in [6, 6.07) is 0. The molecule has 1 aromatic heterocycles. The van der Waals surface area contributed by atoms with Gasteiger partial charge in [0.1, 0.15) is 6.10 Å². The molecule has 0 radical (unpaired) electrons. The van der Waals surface area contributed by atoms with Gasteiger partial charge < -0.3 is 20.7 Å². The number of aliphatic hydroxyl groups excluding tert-OH is 2. The molecule has 0 unspecified atom stereocenters. The van der Waals surface area contributed by atoms with Crippen LogP contribution in [-0.4, -0.2) is 43.4 Å². The number of hydrogen-bond acceptors (Lipinski definition) is 6. The molecule has 7 nitrogen and oxygen atoms in total. The average Bonchev–Trinajstić information content (AvgIpc) is 2.61. The minimum absolute atomic E-state index is 0.344. The maximum atomic E-state index is 13.3. The lowest BCUT2D eigenvalue weighted by Gasteiger charge is -2.17. The van der Waals surface area contributed by atoms with Gasteiger partial charge in [0, 0.05) is 0 Å². The summed E-state index contributed by atoms with van der Waals surface area (Å²) in [4.78, 5) is 14.3. The van der Waals surface area contributed by atoms with Crippen LogP contribution in [0.5, 0.6) is 0 Å². The highest BCUT2D eigenvalue weighted by Gasteiger charge is 2.43. The van der Waals surface area contributed by atoms with Crippen LogP contribution < -0.4 is 11.4 Å². The molecule has 0 aliphatic carbocycles. The van der Waals surface area contributed by atoms with E-state index in [0.717, 1.165) is 10.8 Å². The summed E-state index contributed by atoms with van der Waals surface area (Å²) in [6.45, 7) is -0.344. The molecule has 9 heteroatoms. The first-order chi connectivity index (χ1) is 8.45. The SMILES string of the molecule is Nc1nc(=O)n([C@@H]2O[C@H](CO)[C@H](Br)[C@H]2O)cc1F. The zero-order chi connectivity index (χ0) is 13.4. The van der Waals surface area contributed by atoms with Crippen molar-refractivity contribution in [3.8, 4) is 0 Å². The number of halogens is 2. The molecule has 4 atom stereocenters. The van der Waals surface area contributed by atoms with E-state index in [2.05, 4.69) is 20.9 Å². The van der Waals surface area contributed by atoms with Gasteiger partial charge in [-0.1, -0.05) is 15.9 Å². The highest BCUT2D eigenvalue weighted by Crippen LogP contribution is 2.32. The van der Waals surface area contributed by atoms with Gasteiger partial charge in [-0.15, -0.1) is 0 Å². The van der Waals surface area contributed by atoms with Crippen molar-refractivity contribution in [2.24, 2.45) is 0 Å². The van der Waals surface area contributed by atoms with E-state index in [4.69, 9.17) is 15.6 Å². The predicted molar refractivity (Wildman–Crippen MR) is 62.6 cm³/mol.